The van der Waals surface area contributed by atoms with E-state index in [2.05, 4.69) is 5.32 Å². The number of amides is 1. The van der Waals surface area contributed by atoms with Gasteiger partial charge in [0, 0.05) is 24.7 Å². The molecule has 0 aliphatic heterocycles. The summed E-state index contributed by atoms with van der Waals surface area (Å²) in [4.78, 5) is 11.8. The van der Waals surface area contributed by atoms with Crippen LogP contribution >= 0.6 is 0 Å². The third-order valence-electron chi connectivity index (χ3n) is 2.97. The van der Waals surface area contributed by atoms with Crippen LogP contribution in [0.15, 0.2) is 29.2 Å². The molecule has 0 saturated carbocycles. The average Bonchev–Trinajstić information content (AvgIpc) is 2.40. The van der Waals surface area contributed by atoms with Crippen LogP contribution in [0, 0.1) is 5.92 Å². The SMILES string of the molecule is CCN(CC)S(=O)(=O)c1cccc(NC(=O)C(C)C)c1. The van der Waals surface area contributed by atoms with Crippen molar-refractivity contribution in [2.75, 3.05) is 18.4 Å². The van der Waals surface area contributed by atoms with Crippen LogP contribution < -0.4 is 5.32 Å². The number of nitrogens with one attached hydrogen (secondary N) is 1. The first kappa shape index (κ1) is 16.7. The van der Waals surface area contributed by atoms with Crippen LogP contribution in [0.25, 0.3) is 0 Å². The van der Waals surface area contributed by atoms with Crippen LogP contribution in [0.2, 0.25) is 0 Å². The zero-order chi connectivity index (χ0) is 15.3. The summed E-state index contributed by atoms with van der Waals surface area (Å²) in [5.74, 6) is -0.291. The molecule has 5 nitrogen and oxygen atoms in total. The lowest BCUT2D eigenvalue weighted by Gasteiger charge is -2.19. The fourth-order valence-electron chi connectivity index (χ4n) is 1.73. The van der Waals surface area contributed by atoms with Gasteiger partial charge >= 0.3 is 0 Å². The smallest absolute Gasteiger partial charge is 0.243 e. The predicted octanol–water partition coefficient (Wildman–Crippen LogP) is 2.31. The maximum absolute atomic E-state index is 12.4. The van der Waals surface area contributed by atoms with E-state index >= 15 is 0 Å². The van der Waals surface area contributed by atoms with Gasteiger partial charge in [-0.3, -0.25) is 4.79 Å². The Bertz CT molecular complexity index is 564. The minimum absolute atomic E-state index is 0.137. The summed E-state index contributed by atoms with van der Waals surface area (Å²) in [6.45, 7) is 8.00. The summed E-state index contributed by atoms with van der Waals surface area (Å²) in [5, 5.41) is 2.71. The molecular weight excluding hydrogens is 276 g/mol. The monoisotopic (exact) mass is 298 g/mol. The molecule has 1 aromatic carbocycles. The van der Waals surface area contributed by atoms with E-state index in [4.69, 9.17) is 0 Å². The Labute approximate surface area is 121 Å². The van der Waals surface area contributed by atoms with Crippen molar-refractivity contribution in [3.05, 3.63) is 24.3 Å². The summed E-state index contributed by atoms with van der Waals surface area (Å²) in [6, 6.07) is 6.35. The van der Waals surface area contributed by atoms with Gasteiger partial charge in [-0.1, -0.05) is 33.8 Å². The molecule has 0 spiro atoms. The number of hydrogen-bond acceptors (Lipinski definition) is 3. The number of carbonyl (C=O) groups is 1. The number of anilines is 1. The molecule has 0 aromatic heterocycles. The standard InChI is InChI=1S/C14H22N2O3S/c1-5-16(6-2)20(18,19)13-9-7-8-12(10-13)15-14(17)11(3)4/h7-11H,5-6H2,1-4H3,(H,15,17). The van der Waals surface area contributed by atoms with E-state index in [0.29, 0.717) is 18.8 Å². The minimum atomic E-state index is -3.50. The van der Waals surface area contributed by atoms with E-state index in [1.165, 1.54) is 10.4 Å². The lowest BCUT2D eigenvalue weighted by atomic mass is 10.2. The molecule has 112 valence electrons. The Morgan fingerprint density at radius 2 is 1.85 bits per heavy atom. The van der Waals surface area contributed by atoms with Gasteiger partial charge in [0.25, 0.3) is 0 Å². The highest BCUT2D eigenvalue weighted by atomic mass is 32.2. The number of sulfonamides is 1. The molecule has 20 heavy (non-hydrogen) atoms. The second-order valence-electron chi connectivity index (χ2n) is 4.76. The topological polar surface area (TPSA) is 66.5 Å². The number of hydrogen-bond donors (Lipinski definition) is 1. The molecule has 0 unspecified atom stereocenters. The van der Waals surface area contributed by atoms with E-state index < -0.39 is 10.0 Å². The van der Waals surface area contributed by atoms with Gasteiger partial charge in [0.05, 0.1) is 4.90 Å². The van der Waals surface area contributed by atoms with Crippen molar-refractivity contribution < 1.29 is 13.2 Å². The van der Waals surface area contributed by atoms with E-state index in [1.54, 1.807) is 45.9 Å². The third kappa shape index (κ3) is 3.80. The van der Waals surface area contributed by atoms with E-state index in [9.17, 15) is 13.2 Å². The molecule has 6 heteroatoms. The summed E-state index contributed by atoms with van der Waals surface area (Å²) < 4.78 is 26.1. The molecule has 0 heterocycles. The number of carbonyl (C=O) groups excluding carboxylic acids is 1. The van der Waals surface area contributed by atoms with Crippen molar-refractivity contribution in [2.24, 2.45) is 5.92 Å². The molecule has 0 aliphatic rings. The number of nitrogens with zero attached hydrogens (tertiary/aromatic N) is 1. The first-order valence-electron chi connectivity index (χ1n) is 6.74. The molecule has 0 radical (unpaired) electrons. The molecule has 0 aliphatic carbocycles. The highest BCUT2D eigenvalue weighted by molar-refractivity contribution is 7.89. The Morgan fingerprint density at radius 1 is 1.25 bits per heavy atom. The molecule has 0 atom stereocenters. The van der Waals surface area contributed by atoms with Crippen LogP contribution in [0.1, 0.15) is 27.7 Å². The van der Waals surface area contributed by atoms with Gasteiger partial charge in [-0.15, -0.1) is 0 Å². The summed E-state index contributed by atoms with van der Waals surface area (Å²) in [6.07, 6.45) is 0. The Balaban J connectivity index is 3.07. The fourth-order valence-corrected chi connectivity index (χ4v) is 3.24. The van der Waals surface area contributed by atoms with Crippen molar-refractivity contribution in [2.45, 2.75) is 32.6 Å². The summed E-state index contributed by atoms with van der Waals surface area (Å²) in [7, 11) is -3.50. The van der Waals surface area contributed by atoms with Crippen molar-refractivity contribution in [1.82, 2.24) is 4.31 Å². The third-order valence-corrected chi connectivity index (χ3v) is 5.02. The van der Waals surface area contributed by atoms with Gasteiger partial charge in [-0.25, -0.2) is 8.42 Å². The van der Waals surface area contributed by atoms with Gasteiger partial charge in [-0.05, 0) is 18.2 Å². The second-order valence-corrected chi connectivity index (χ2v) is 6.70. The quantitative estimate of drug-likeness (QED) is 0.876. The molecular formula is C14H22N2O3S. The normalized spacial score (nSPS) is 11.9. The van der Waals surface area contributed by atoms with Gasteiger partial charge in [0.2, 0.25) is 15.9 Å². The van der Waals surface area contributed by atoms with Crippen molar-refractivity contribution >= 4 is 21.6 Å². The summed E-state index contributed by atoms with van der Waals surface area (Å²) in [5.41, 5.74) is 0.497. The van der Waals surface area contributed by atoms with E-state index in [1.807, 2.05) is 0 Å². The maximum atomic E-state index is 12.4. The molecule has 0 fully saturated rings. The van der Waals surface area contributed by atoms with E-state index in [-0.39, 0.29) is 16.7 Å². The van der Waals surface area contributed by atoms with Crippen LogP contribution in [0.3, 0.4) is 0 Å². The number of benzene rings is 1. The summed E-state index contributed by atoms with van der Waals surface area (Å²) >= 11 is 0. The van der Waals surface area contributed by atoms with Gasteiger partial charge in [-0.2, -0.15) is 4.31 Å². The minimum Gasteiger partial charge on any atom is -0.326 e. The van der Waals surface area contributed by atoms with Crippen LogP contribution in [0.5, 0.6) is 0 Å². The van der Waals surface area contributed by atoms with Crippen molar-refractivity contribution in [3.63, 3.8) is 0 Å². The Kier molecular flexibility index (Phi) is 5.71. The molecule has 1 rings (SSSR count). The van der Waals surface area contributed by atoms with Crippen molar-refractivity contribution in [3.8, 4) is 0 Å². The number of rotatable bonds is 6. The van der Waals surface area contributed by atoms with Crippen LogP contribution in [-0.4, -0.2) is 31.7 Å². The Hall–Kier alpha value is -1.40. The molecule has 0 bridgehead atoms. The van der Waals surface area contributed by atoms with Crippen LogP contribution in [0.4, 0.5) is 5.69 Å². The lowest BCUT2D eigenvalue weighted by molar-refractivity contribution is -0.118. The lowest BCUT2D eigenvalue weighted by Crippen LogP contribution is -2.30. The molecule has 1 N–H and O–H groups in total. The van der Waals surface area contributed by atoms with Crippen LogP contribution in [-0.2, 0) is 14.8 Å². The van der Waals surface area contributed by atoms with Gasteiger partial charge in [0.15, 0.2) is 0 Å². The maximum Gasteiger partial charge on any atom is 0.243 e. The Morgan fingerprint density at radius 3 is 2.35 bits per heavy atom. The zero-order valence-corrected chi connectivity index (χ0v) is 13.2. The highest BCUT2D eigenvalue weighted by Gasteiger charge is 2.21. The zero-order valence-electron chi connectivity index (χ0n) is 12.4. The first-order chi connectivity index (χ1) is 9.32. The average molecular weight is 298 g/mol. The highest BCUT2D eigenvalue weighted by Crippen LogP contribution is 2.19. The second kappa shape index (κ2) is 6.85. The van der Waals surface area contributed by atoms with Gasteiger partial charge in [0.1, 0.15) is 0 Å². The molecule has 0 saturated heterocycles. The fraction of sp³-hybridized carbons (Fsp3) is 0.500. The first-order valence-corrected chi connectivity index (χ1v) is 8.18. The molecule has 1 amide bonds. The van der Waals surface area contributed by atoms with Gasteiger partial charge < -0.3 is 5.32 Å². The van der Waals surface area contributed by atoms with E-state index in [0.717, 1.165) is 0 Å². The molecule has 1 aromatic rings. The van der Waals surface area contributed by atoms with Crippen molar-refractivity contribution in [1.29, 1.82) is 0 Å². The largest absolute Gasteiger partial charge is 0.326 e. The predicted molar refractivity (Wildman–Crippen MR) is 80.0 cm³/mol.